The summed E-state index contributed by atoms with van der Waals surface area (Å²) in [6.07, 6.45) is 4.58. The number of aliphatic hydroxyl groups is 1. The molecule has 0 bridgehead atoms. The second kappa shape index (κ2) is 9.56. The van der Waals surface area contributed by atoms with Gasteiger partial charge in [0.05, 0.1) is 47.5 Å². The largest absolute Gasteiger partial charge is 0.516 e. The molecule has 0 aliphatic carbocycles. The molecule has 8 heteroatoms. The fourth-order valence-electron chi connectivity index (χ4n) is 3.17. The van der Waals surface area contributed by atoms with E-state index in [0.717, 1.165) is 58.2 Å². The number of nitrogens with zero attached hydrogens (tertiary/aromatic N) is 5. The van der Waals surface area contributed by atoms with Gasteiger partial charge < -0.3 is 5.11 Å². The summed E-state index contributed by atoms with van der Waals surface area (Å²) in [4.78, 5) is 14.0. The molecule has 3 heterocycles. The maximum Gasteiger partial charge on any atom is 0.125 e. The summed E-state index contributed by atoms with van der Waals surface area (Å²) in [5.41, 5.74) is 4.52. The number of fused-ring (bicyclic) bond motifs is 2. The van der Waals surface area contributed by atoms with Crippen molar-refractivity contribution >= 4 is 38.7 Å². The lowest BCUT2D eigenvalue weighted by Crippen LogP contribution is -2.40. The van der Waals surface area contributed by atoms with Crippen molar-refractivity contribution in [2.75, 3.05) is 13.1 Å². The molecule has 0 fully saturated rings. The summed E-state index contributed by atoms with van der Waals surface area (Å²) in [6, 6.07) is 4.73. The van der Waals surface area contributed by atoms with Gasteiger partial charge >= 0.3 is 0 Å². The number of benzene rings is 1. The van der Waals surface area contributed by atoms with E-state index in [1.807, 2.05) is 5.01 Å². The van der Waals surface area contributed by atoms with Crippen LogP contribution in [-0.4, -0.2) is 45.3 Å². The molecule has 0 spiro atoms. The number of allylic oxidation sites excluding steroid dienone is 2. The van der Waals surface area contributed by atoms with Crippen LogP contribution in [0.1, 0.15) is 31.7 Å². The molecule has 29 heavy (non-hydrogen) atoms. The van der Waals surface area contributed by atoms with Gasteiger partial charge in [-0.05, 0) is 25.0 Å². The number of thiazole rings is 1. The number of hydrogen-bond acceptors (Lipinski definition) is 7. The first-order valence-electron chi connectivity index (χ1n) is 9.56. The summed E-state index contributed by atoms with van der Waals surface area (Å²) >= 11 is 1.57. The van der Waals surface area contributed by atoms with Gasteiger partial charge in [0.25, 0.3) is 0 Å². The maximum atomic E-state index is 13.4. The van der Waals surface area contributed by atoms with Crippen LogP contribution in [-0.2, 0) is 6.54 Å². The van der Waals surface area contributed by atoms with Crippen molar-refractivity contribution in [3.63, 3.8) is 0 Å². The van der Waals surface area contributed by atoms with Gasteiger partial charge in [-0.15, -0.1) is 11.3 Å². The van der Waals surface area contributed by atoms with Gasteiger partial charge in [-0.3, -0.25) is 15.0 Å². The average molecular weight is 414 g/mol. The molecule has 6 nitrogen and oxygen atoms in total. The summed E-state index contributed by atoms with van der Waals surface area (Å²) in [5, 5.41) is 15.0. The number of halogens is 1. The Morgan fingerprint density at radius 1 is 1.24 bits per heavy atom. The Balaban J connectivity index is 0.000000755. The molecule has 0 saturated heterocycles. The lowest BCUT2D eigenvalue weighted by Gasteiger charge is -2.31. The van der Waals surface area contributed by atoms with Crippen LogP contribution in [0.4, 0.5) is 4.39 Å². The van der Waals surface area contributed by atoms with Crippen molar-refractivity contribution in [2.24, 2.45) is 15.1 Å². The fourth-order valence-corrected chi connectivity index (χ4v) is 4.10. The topological polar surface area (TPSA) is 73.4 Å². The van der Waals surface area contributed by atoms with Crippen molar-refractivity contribution in [1.29, 1.82) is 0 Å². The zero-order valence-electron chi connectivity index (χ0n) is 16.6. The first-order valence-corrected chi connectivity index (χ1v) is 10.4. The van der Waals surface area contributed by atoms with Crippen LogP contribution in [0.2, 0.25) is 0 Å². The standard InChI is InChI=1S/C19H20FN5S.C2H4O/c1-3-5-15-19-18(21-8-9-22-19)13(4-2)24-25(15)11-17-23-14-10-12(20)6-7-16(14)26-17;1-2-3/h5-7,10H,3-4,8-9,11H2,1-2H3;2-3H,1H2/b15-5-;. The molecule has 152 valence electrons. The van der Waals surface area contributed by atoms with Crippen LogP contribution in [0.25, 0.3) is 10.2 Å². The highest BCUT2D eigenvalue weighted by Crippen LogP contribution is 2.27. The van der Waals surface area contributed by atoms with Crippen LogP contribution >= 0.6 is 11.3 Å². The van der Waals surface area contributed by atoms with Gasteiger partial charge in [-0.25, -0.2) is 9.37 Å². The van der Waals surface area contributed by atoms with Gasteiger partial charge in [0, 0.05) is 6.07 Å². The number of aliphatic hydroxyl groups excluding tert-OH is 1. The highest BCUT2D eigenvalue weighted by Gasteiger charge is 2.30. The molecule has 0 amide bonds. The molecule has 2 aliphatic rings. The molecule has 0 radical (unpaired) electrons. The second-order valence-corrected chi connectivity index (χ2v) is 7.43. The lowest BCUT2D eigenvalue weighted by atomic mass is 10.0. The number of hydrazone groups is 1. The summed E-state index contributed by atoms with van der Waals surface area (Å²) in [7, 11) is 0. The number of hydrogen-bond donors (Lipinski definition) is 1. The Hall–Kier alpha value is -2.87. The molecular weight excluding hydrogens is 389 g/mol. The quantitative estimate of drug-likeness (QED) is 0.725. The predicted molar refractivity (Wildman–Crippen MR) is 119 cm³/mol. The molecule has 2 aliphatic heterocycles. The minimum atomic E-state index is -0.261. The van der Waals surface area contributed by atoms with E-state index in [-0.39, 0.29) is 5.82 Å². The van der Waals surface area contributed by atoms with Crippen LogP contribution < -0.4 is 0 Å². The molecule has 0 atom stereocenters. The van der Waals surface area contributed by atoms with Crippen LogP contribution in [0.15, 0.2) is 57.9 Å². The molecule has 1 N–H and O–H groups in total. The average Bonchev–Trinajstić information content (AvgIpc) is 3.11. The van der Waals surface area contributed by atoms with Crippen LogP contribution in [0.3, 0.4) is 0 Å². The molecule has 4 rings (SSSR count). The molecule has 2 aromatic rings. The third kappa shape index (κ3) is 4.59. The van der Waals surface area contributed by atoms with E-state index in [1.54, 1.807) is 17.4 Å². The third-order valence-electron chi connectivity index (χ3n) is 4.31. The minimum Gasteiger partial charge on any atom is -0.516 e. The first kappa shape index (κ1) is 20.9. The number of rotatable bonds is 4. The Morgan fingerprint density at radius 3 is 2.66 bits per heavy atom. The zero-order chi connectivity index (χ0) is 20.8. The summed E-state index contributed by atoms with van der Waals surface area (Å²) in [6.45, 7) is 9.08. The smallest absolute Gasteiger partial charge is 0.125 e. The van der Waals surface area contributed by atoms with Crippen LogP contribution in [0, 0.1) is 5.82 Å². The molecule has 1 aromatic heterocycles. The Morgan fingerprint density at radius 2 is 1.97 bits per heavy atom. The van der Waals surface area contributed by atoms with Gasteiger partial charge in [0.2, 0.25) is 0 Å². The molecule has 1 aromatic carbocycles. The molecule has 0 unspecified atom stereocenters. The van der Waals surface area contributed by atoms with Gasteiger partial charge in [-0.1, -0.05) is 26.5 Å². The normalized spacial score (nSPS) is 17.1. The van der Waals surface area contributed by atoms with Crippen LogP contribution in [0.5, 0.6) is 0 Å². The number of aliphatic imine (C=N–C) groups is 2. The Kier molecular flexibility index (Phi) is 6.87. The highest BCUT2D eigenvalue weighted by molar-refractivity contribution is 7.18. The maximum absolute atomic E-state index is 13.4. The SMILES string of the molecule is C=CO.CC/C=C1/C2=NCCN=C2C(CC)=NN1Cc1nc2cc(F)ccc2s1. The van der Waals surface area contributed by atoms with E-state index in [9.17, 15) is 4.39 Å². The van der Waals surface area contributed by atoms with E-state index in [0.29, 0.717) is 18.6 Å². The first-order chi connectivity index (χ1) is 14.1. The van der Waals surface area contributed by atoms with E-state index in [2.05, 4.69) is 36.5 Å². The zero-order valence-corrected chi connectivity index (χ0v) is 17.4. The third-order valence-corrected chi connectivity index (χ3v) is 5.33. The lowest BCUT2D eigenvalue weighted by molar-refractivity contribution is 0.371. The van der Waals surface area contributed by atoms with Crippen molar-refractivity contribution in [3.05, 3.63) is 53.6 Å². The molecule has 0 saturated carbocycles. The van der Waals surface area contributed by atoms with Crippen molar-refractivity contribution in [3.8, 4) is 0 Å². The summed E-state index contributed by atoms with van der Waals surface area (Å²) in [5.74, 6) is -0.261. The Labute approximate surface area is 173 Å². The van der Waals surface area contributed by atoms with E-state index in [4.69, 9.17) is 15.2 Å². The molecular formula is C21H24FN5OS. The van der Waals surface area contributed by atoms with Crippen molar-refractivity contribution in [1.82, 2.24) is 9.99 Å². The number of aromatic nitrogens is 1. The van der Waals surface area contributed by atoms with E-state index >= 15 is 0 Å². The minimum absolute atomic E-state index is 0.261. The van der Waals surface area contributed by atoms with Gasteiger partial charge in [0.1, 0.15) is 22.2 Å². The highest BCUT2D eigenvalue weighted by atomic mass is 32.1. The monoisotopic (exact) mass is 413 g/mol. The second-order valence-electron chi connectivity index (χ2n) is 6.32. The summed E-state index contributed by atoms with van der Waals surface area (Å²) < 4.78 is 14.4. The van der Waals surface area contributed by atoms with Crippen molar-refractivity contribution < 1.29 is 9.50 Å². The van der Waals surface area contributed by atoms with Gasteiger partial charge in [-0.2, -0.15) is 5.10 Å². The van der Waals surface area contributed by atoms with E-state index < -0.39 is 0 Å². The van der Waals surface area contributed by atoms with Crippen molar-refractivity contribution in [2.45, 2.75) is 33.2 Å². The fraction of sp³-hybridized carbons (Fsp3) is 0.333. The van der Waals surface area contributed by atoms with Gasteiger partial charge in [0.15, 0.2) is 0 Å². The van der Waals surface area contributed by atoms with E-state index in [1.165, 1.54) is 12.1 Å². The predicted octanol–water partition coefficient (Wildman–Crippen LogP) is 4.89. The Bertz CT molecular complexity index is 1020.